The molecule has 2 nitrogen and oxygen atoms in total. The Balaban J connectivity index is 2.96. The average molecular weight is 262 g/mol. The van der Waals surface area contributed by atoms with Gasteiger partial charge < -0.3 is 10.5 Å². The van der Waals surface area contributed by atoms with Gasteiger partial charge in [-0.05, 0) is 31.4 Å². The van der Waals surface area contributed by atoms with Crippen molar-refractivity contribution in [1.82, 2.24) is 0 Å². The number of halogens is 2. The van der Waals surface area contributed by atoms with Crippen LogP contribution in [0.2, 0.25) is 10.0 Å². The number of hydrogen-bond donors (Lipinski definition) is 1. The van der Waals surface area contributed by atoms with Crippen LogP contribution in [-0.2, 0) is 6.42 Å². The Labute approximate surface area is 107 Å². The van der Waals surface area contributed by atoms with Gasteiger partial charge in [-0.1, -0.05) is 30.1 Å². The molecule has 0 amide bonds. The molecule has 0 aliphatic carbocycles. The quantitative estimate of drug-likeness (QED) is 0.878. The van der Waals surface area contributed by atoms with Crippen molar-refractivity contribution < 1.29 is 4.74 Å². The van der Waals surface area contributed by atoms with Gasteiger partial charge in [-0.2, -0.15) is 0 Å². The summed E-state index contributed by atoms with van der Waals surface area (Å²) in [4.78, 5) is 0. The summed E-state index contributed by atoms with van der Waals surface area (Å²) in [5, 5.41) is 1.06. The van der Waals surface area contributed by atoms with Crippen LogP contribution in [0.3, 0.4) is 0 Å². The summed E-state index contributed by atoms with van der Waals surface area (Å²) in [5.41, 5.74) is 6.79. The summed E-state index contributed by atoms with van der Waals surface area (Å²) in [6.07, 6.45) is 1.69. The van der Waals surface area contributed by atoms with Gasteiger partial charge in [0.1, 0.15) is 5.75 Å². The number of rotatable bonds is 5. The Morgan fingerprint density at radius 1 is 1.31 bits per heavy atom. The molecule has 0 aromatic heterocycles. The van der Waals surface area contributed by atoms with Crippen LogP contribution in [0.25, 0.3) is 0 Å². The molecule has 1 atom stereocenters. The van der Waals surface area contributed by atoms with Crippen LogP contribution in [0.15, 0.2) is 12.1 Å². The first kappa shape index (κ1) is 13.6. The fourth-order valence-corrected chi connectivity index (χ4v) is 1.76. The molecule has 0 fully saturated rings. The van der Waals surface area contributed by atoms with E-state index in [9.17, 15) is 0 Å². The van der Waals surface area contributed by atoms with Crippen molar-refractivity contribution in [2.45, 2.75) is 32.7 Å². The van der Waals surface area contributed by atoms with Crippen molar-refractivity contribution in [2.24, 2.45) is 5.73 Å². The zero-order valence-corrected chi connectivity index (χ0v) is 11.1. The van der Waals surface area contributed by atoms with E-state index in [-0.39, 0.29) is 6.04 Å². The molecule has 0 heterocycles. The van der Waals surface area contributed by atoms with E-state index in [1.54, 1.807) is 6.07 Å². The van der Waals surface area contributed by atoms with E-state index < -0.39 is 0 Å². The zero-order chi connectivity index (χ0) is 12.1. The minimum absolute atomic E-state index is 0.0706. The van der Waals surface area contributed by atoms with Crippen molar-refractivity contribution >= 4 is 23.2 Å². The summed E-state index contributed by atoms with van der Waals surface area (Å²) >= 11 is 11.9. The van der Waals surface area contributed by atoms with E-state index in [0.717, 1.165) is 24.2 Å². The third-order valence-corrected chi connectivity index (χ3v) is 2.83. The van der Waals surface area contributed by atoms with Crippen molar-refractivity contribution in [3.05, 3.63) is 27.7 Å². The number of ether oxygens (including phenoxy) is 1. The first-order valence-corrected chi connectivity index (χ1v) is 6.16. The second-order valence-corrected chi connectivity index (χ2v) is 4.72. The van der Waals surface area contributed by atoms with Crippen LogP contribution >= 0.6 is 23.2 Å². The van der Waals surface area contributed by atoms with Gasteiger partial charge in [0.05, 0.1) is 16.7 Å². The number of nitrogens with two attached hydrogens (primary N) is 1. The van der Waals surface area contributed by atoms with E-state index in [2.05, 4.69) is 6.92 Å². The molecule has 0 aliphatic rings. The number of benzene rings is 1. The second kappa shape index (κ2) is 6.33. The van der Waals surface area contributed by atoms with Crippen LogP contribution in [0.4, 0.5) is 0 Å². The molecule has 1 aromatic carbocycles. The topological polar surface area (TPSA) is 35.2 Å². The van der Waals surface area contributed by atoms with Crippen molar-refractivity contribution in [1.29, 1.82) is 0 Å². The lowest BCUT2D eigenvalue weighted by molar-refractivity contribution is 0.313. The highest BCUT2D eigenvalue weighted by molar-refractivity contribution is 6.42. The Bertz CT molecular complexity index is 353. The Kier molecular flexibility index (Phi) is 5.39. The van der Waals surface area contributed by atoms with Gasteiger partial charge in [0.25, 0.3) is 0 Å². The molecule has 0 saturated carbocycles. The van der Waals surface area contributed by atoms with Crippen molar-refractivity contribution in [3.8, 4) is 5.75 Å². The van der Waals surface area contributed by atoms with Gasteiger partial charge in [0.2, 0.25) is 0 Å². The molecule has 90 valence electrons. The van der Waals surface area contributed by atoms with Crippen LogP contribution in [-0.4, -0.2) is 12.6 Å². The molecule has 16 heavy (non-hydrogen) atoms. The van der Waals surface area contributed by atoms with E-state index in [0.29, 0.717) is 16.7 Å². The van der Waals surface area contributed by atoms with E-state index >= 15 is 0 Å². The third kappa shape index (κ3) is 3.85. The molecule has 0 saturated heterocycles. The largest absolute Gasteiger partial charge is 0.493 e. The molecule has 0 aliphatic heterocycles. The monoisotopic (exact) mass is 261 g/mol. The molecule has 0 radical (unpaired) electrons. The van der Waals surface area contributed by atoms with E-state index in [4.69, 9.17) is 33.7 Å². The van der Waals surface area contributed by atoms with Crippen molar-refractivity contribution in [2.75, 3.05) is 6.61 Å². The minimum Gasteiger partial charge on any atom is -0.493 e. The van der Waals surface area contributed by atoms with Gasteiger partial charge in [-0.15, -0.1) is 0 Å². The summed E-state index contributed by atoms with van der Waals surface area (Å²) in [5.74, 6) is 0.786. The Hall–Kier alpha value is -0.440. The van der Waals surface area contributed by atoms with Crippen LogP contribution < -0.4 is 10.5 Å². The third-order valence-electron chi connectivity index (χ3n) is 2.11. The first-order valence-electron chi connectivity index (χ1n) is 5.41. The molecular formula is C12H17Cl2NO. The standard InChI is InChI=1S/C12H17Cl2NO/c1-3-4-16-12-7-11(14)10(13)6-9(12)5-8(2)15/h6-8H,3-5,15H2,1-2H3. The van der Waals surface area contributed by atoms with E-state index in [1.807, 2.05) is 13.0 Å². The maximum atomic E-state index is 5.97. The lowest BCUT2D eigenvalue weighted by atomic mass is 10.1. The molecule has 1 aromatic rings. The SMILES string of the molecule is CCCOc1cc(Cl)c(Cl)cc1CC(C)N. The average Bonchev–Trinajstić information content (AvgIpc) is 2.20. The lowest BCUT2D eigenvalue weighted by Crippen LogP contribution is -2.18. The molecule has 0 spiro atoms. The van der Waals surface area contributed by atoms with E-state index in [1.165, 1.54) is 0 Å². The Morgan fingerprint density at radius 2 is 1.94 bits per heavy atom. The molecule has 2 N–H and O–H groups in total. The molecular weight excluding hydrogens is 245 g/mol. The maximum absolute atomic E-state index is 5.97. The normalized spacial score (nSPS) is 12.6. The van der Waals surface area contributed by atoms with Crippen molar-refractivity contribution in [3.63, 3.8) is 0 Å². The second-order valence-electron chi connectivity index (χ2n) is 3.90. The van der Waals surface area contributed by atoms with Crippen LogP contribution in [0.1, 0.15) is 25.8 Å². The minimum atomic E-state index is 0.0706. The highest BCUT2D eigenvalue weighted by atomic mass is 35.5. The number of hydrogen-bond acceptors (Lipinski definition) is 2. The molecule has 1 unspecified atom stereocenters. The van der Waals surface area contributed by atoms with Gasteiger partial charge in [0.15, 0.2) is 0 Å². The summed E-state index contributed by atoms with van der Waals surface area (Å²) in [6, 6.07) is 3.66. The summed E-state index contributed by atoms with van der Waals surface area (Å²) < 4.78 is 5.62. The first-order chi connectivity index (χ1) is 7.54. The highest BCUT2D eigenvalue weighted by Gasteiger charge is 2.10. The predicted octanol–water partition coefficient (Wildman–Crippen LogP) is 3.67. The van der Waals surface area contributed by atoms with Gasteiger partial charge in [0, 0.05) is 12.1 Å². The zero-order valence-electron chi connectivity index (χ0n) is 9.59. The Morgan fingerprint density at radius 3 is 2.50 bits per heavy atom. The smallest absolute Gasteiger partial charge is 0.124 e. The molecule has 4 heteroatoms. The lowest BCUT2D eigenvalue weighted by Gasteiger charge is -2.14. The molecule has 1 rings (SSSR count). The van der Waals surface area contributed by atoms with Crippen LogP contribution in [0.5, 0.6) is 5.75 Å². The maximum Gasteiger partial charge on any atom is 0.124 e. The van der Waals surface area contributed by atoms with Gasteiger partial charge >= 0.3 is 0 Å². The highest BCUT2D eigenvalue weighted by Crippen LogP contribution is 2.31. The fourth-order valence-electron chi connectivity index (χ4n) is 1.42. The van der Waals surface area contributed by atoms with Crippen LogP contribution in [0, 0.1) is 0 Å². The summed E-state index contributed by atoms with van der Waals surface area (Å²) in [6.45, 7) is 4.68. The fraction of sp³-hybridized carbons (Fsp3) is 0.500. The molecule has 0 bridgehead atoms. The predicted molar refractivity (Wildman–Crippen MR) is 69.6 cm³/mol. The summed E-state index contributed by atoms with van der Waals surface area (Å²) in [7, 11) is 0. The van der Waals surface area contributed by atoms with Gasteiger partial charge in [-0.25, -0.2) is 0 Å². The van der Waals surface area contributed by atoms with Gasteiger partial charge in [-0.3, -0.25) is 0 Å².